The summed E-state index contributed by atoms with van der Waals surface area (Å²) in [6.45, 7) is 12.1. The molecule has 2 amide bonds. The van der Waals surface area contributed by atoms with Gasteiger partial charge in [-0.2, -0.15) is 0 Å². The van der Waals surface area contributed by atoms with E-state index in [1.54, 1.807) is 24.0 Å². The third-order valence-corrected chi connectivity index (χ3v) is 7.24. The second kappa shape index (κ2) is 10.8. The Morgan fingerprint density at radius 2 is 2.12 bits per heavy atom. The lowest BCUT2D eigenvalue weighted by Gasteiger charge is -2.38. The first-order chi connectivity index (χ1) is 15.9. The summed E-state index contributed by atoms with van der Waals surface area (Å²) in [7, 11) is 0. The van der Waals surface area contributed by atoms with Crippen LogP contribution < -0.4 is 0 Å². The number of rotatable bonds is 13. The number of hydrogen-bond acceptors (Lipinski definition) is 6. The number of esters is 1. The topological polar surface area (TPSA) is 96.4 Å². The number of unbranched alkanes of at least 4 members (excludes halogenated alkanes) is 2. The quantitative estimate of drug-likeness (QED) is 0.256. The maximum Gasteiger partial charge on any atom is 0.312 e. The predicted molar refractivity (Wildman–Crippen MR) is 123 cm³/mol. The van der Waals surface area contributed by atoms with Crippen molar-refractivity contribution < 1.29 is 29.0 Å². The first-order valence-electron chi connectivity index (χ1n) is 12.2. The van der Waals surface area contributed by atoms with Gasteiger partial charge in [0, 0.05) is 13.1 Å². The monoisotopic (exact) mass is 462 g/mol. The van der Waals surface area contributed by atoms with Crippen LogP contribution in [0.25, 0.3) is 0 Å². The average molecular weight is 463 g/mol. The van der Waals surface area contributed by atoms with Gasteiger partial charge in [0.25, 0.3) is 0 Å². The van der Waals surface area contributed by atoms with E-state index < -0.39 is 41.6 Å². The fraction of sp³-hybridized carbons (Fsp3) is 0.720. The van der Waals surface area contributed by atoms with Gasteiger partial charge in [0.05, 0.1) is 37.2 Å². The lowest BCUT2D eigenvalue weighted by Crippen LogP contribution is -2.58. The van der Waals surface area contributed by atoms with Gasteiger partial charge in [0.15, 0.2) is 0 Å². The number of likely N-dealkylation sites (tertiary alicyclic amines) is 1. The molecular formula is C25H38N2O6. The van der Waals surface area contributed by atoms with Crippen molar-refractivity contribution >= 4 is 17.8 Å². The Balaban J connectivity index is 1.94. The Bertz CT molecular complexity index is 770. The number of aliphatic hydroxyl groups is 1. The minimum atomic E-state index is -1.07. The molecule has 184 valence electrons. The molecule has 3 saturated heterocycles. The summed E-state index contributed by atoms with van der Waals surface area (Å²) in [6, 6.07) is -1.46. The van der Waals surface area contributed by atoms with Crippen LogP contribution in [0.2, 0.25) is 0 Å². The number of hydrogen-bond donors (Lipinski definition) is 1. The molecule has 1 N–H and O–H groups in total. The molecule has 3 aliphatic rings. The molecule has 3 aliphatic heterocycles. The first kappa shape index (κ1) is 25.4. The summed E-state index contributed by atoms with van der Waals surface area (Å²) in [4.78, 5) is 43.8. The Morgan fingerprint density at radius 1 is 1.36 bits per heavy atom. The minimum absolute atomic E-state index is 0.198. The lowest BCUT2D eigenvalue weighted by atomic mass is 9.70. The highest BCUT2D eigenvalue weighted by Gasteiger charge is 2.75. The van der Waals surface area contributed by atoms with Crippen molar-refractivity contribution in [2.75, 3.05) is 26.3 Å². The summed E-state index contributed by atoms with van der Waals surface area (Å²) in [6.07, 6.45) is 7.41. The van der Waals surface area contributed by atoms with E-state index >= 15 is 0 Å². The zero-order valence-electron chi connectivity index (χ0n) is 19.9. The van der Waals surface area contributed by atoms with Crippen molar-refractivity contribution in [3.63, 3.8) is 0 Å². The molecule has 3 fully saturated rings. The van der Waals surface area contributed by atoms with Gasteiger partial charge < -0.3 is 24.4 Å². The van der Waals surface area contributed by atoms with Gasteiger partial charge in [-0.3, -0.25) is 14.4 Å². The number of amides is 2. The summed E-state index contributed by atoms with van der Waals surface area (Å²) < 4.78 is 11.8. The molecule has 3 heterocycles. The van der Waals surface area contributed by atoms with Crippen LogP contribution in [0, 0.1) is 11.8 Å². The van der Waals surface area contributed by atoms with Crippen LogP contribution in [0.5, 0.6) is 0 Å². The fourth-order valence-corrected chi connectivity index (χ4v) is 5.71. The zero-order valence-corrected chi connectivity index (χ0v) is 19.9. The molecule has 0 radical (unpaired) electrons. The Morgan fingerprint density at radius 3 is 2.76 bits per heavy atom. The molecule has 1 spiro atoms. The van der Waals surface area contributed by atoms with E-state index in [-0.39, 0.29) is 25.0 Å². The van der Waals surface area contributed by atoms with Crippen LogP contribution in [0.15, 0.2) is 25.3 Å². The SMILES string of the molecule is C=CCCOC(=O)[C@@H]1[C@H]2C(=O)N([C@H](C)CO)C(C(=O)N(CC=C)CCCCC)C23CC[C@H]1O3. The second-order valence-corrected chi connectivity index (χ2v) is 9.36. The number of ether oxygens (including phenoxy) is 2. The third kappa shape index (κ3) is 4.47. The van der Waals surface area contributed by atoms with Gasteiger partial charge in [0.2, 0.25) is 11.8 Å². The molecule has 6 atom stereocenters. The number of carbonyl (C=O) groups excluding carboxylic acids is 3. The maximum atomic E-state index is 13.9. The van der Waals surface area contributed by atoms with E-state index in [1.807, 2.05) is 0 Å². The number of fused-ring (bicyclic) bond motifs is 1. The van der Waals surface area contributed by atoms with Crippen molar-refractivity contribution in [1.29, 1.82) is 0 Å². The molecule has 33 heavy (non-hydrogen) atoms. The number of nitrogens with zero attached hydrogens (tertiary/aromatic N) is 2. The van der Waals surface area contributed by atoms with Gasteiger partial charge in [-0.25, -0.2) is 0 Å². The highest BCUT2D eigenvalue weighted by molar-refractivity contribution is 5.98. The van der Waals surface area contributed by atoms with E-state index in [4.69, 9.17) is 9.47 Å². The van der Waals surface area contributed by atoms with E-state index in [9.17, 15) is 19.5 Å². The van der Waals surface area contributed by atoms with Gasteiger partial charge in [-0.15, -0.1) is 13.2 Å². The Labute approximate surface area is 196 Å². The standard InChI is InChI=1S/C25H38N2O6/c1-5-8-10-14-26(13-7-3)23(30)21-25-12-11-18(33-25)19(24(31)32-15-9-6-2)20(25)22(29)27(21)17(4)16-28/h6-7,17-21,28H,2-3,5,8-16H2,1,4H3/t17-,18-,19+,20+,21?,25?/m1/s1. The highest BCUT2D eigenvalue weighted by atomic mass is 16.6. The molecule has 8 heteroatoms. The van der Waals surface area contributed by atoms with E-state index in [2.05, 4.69) is 20.1 Å². The largest absolute Gasteiger partial charge is 0.465 e. The Kier molecular flexibility index (Phi) is 8.34. The van der Waals surface area contributed by atoms with Crippen LogP contribution in [0.4, 0.5) is 0 Å². The van der Waals surface area contributed by atoms with Gasteiger partial charge in [-0.1, -0.05) is 31.9 Å². The molecule has 0 aromatic rings. The van der Waals surface area contributed by atoms with Crippen molar-refractivity contribution in [2.45, 2.75) is 76.2 Å². The molecule has 2 unspecified atom stereocenters. The fourth-order valence-electron chi connectivity index (χ4n) is 5.71. The summed E-state index contributed by atoms with van der Waals surface area (Å²) in [5, 5.41) is 9.90. The summed E-state index contributed by atoms with van der Waals surface area (Å²) in [5.74, 6) is -2.50. The zero-order chi connectivity index (χ0) is 24.2. The molecule has 0 aliphatic carbocycles. The molecule has 0 saturated carbocycles. The van der Waals surface area contributed by atoms with Crippen LogP contribution in [0.3, 0.4) is 0 Å². The smallest absolute Gasteiger partial charge is 0.312 e. The Hall–Kier alpha value is -2.19. The van der Waals surface area contributed by atoms with E-state index in [0.717, 1.165) is 19.3 Å². The lowest BCUT2D eigenvalue weighted by molar-refractivity contribution is -0.156. The van der Waals surface area contributed by atoms with Crippen LogP contribution in [-0.2, 0) is 23.9 Å². The van der Waals surface area contributed by atoms with Crippen molar-refractivity contribution in [3.8, 4) is 0 Å². The van der Waals surface area contributed by atoms with Crippen molar-refractivity contribution in [1.82, 2.24) is 9.80 Å². The van der Waals surface area contributed by atoms with Crippen LogP contribution in [0.1, 0.15) is 52.4 Å². The van der Waals surface area contributed by atoms with E-state index in [0.29, 0.717) is 32.4 Å². The molecular weight excluding hydrogens is 424 g/mol. The van der Waals surface area contributed by atoms with Crippen molar-refractivity contribution in [3.05, 3.63) is 25.3 Å². The second-order valence-electron chi connectivity index (χ2n) is 9.36. The normalized spacial score (nSPS) is 30.8. The molecule has 3 rings (SSSR count). The number of aliphatic hydroxyl groups excluding tert-OH is 1. The summed E-state index contributed by atoms with van der Waals surface area (Å²) in [5.41, 5.74) is -1.07. The van der Waals surface area contributed by atoms with Gasteiger partial charge in [0.1, 0.15) is 11.6 Å². The van der Waals surface area contributed by atoms with Crippen LogP contribution in [-0.4, -0.2) is 82.8 Å². The molecule has 0 aromatic heterocycles. The molecule has 2 bridgehead atoms. The van der Waals surface area contributed by atoms with Crippen LogP contribution >= 0.6 is 0 Å². The summed E-state index contributed by atoms with van der Waals surface area (Å²) >= 11 is 0. The first-order valence-corrected chi connectivity index (χ1v) is 12.2. The third-order valence-electron chi connectivity index (χ3n) is 7.24. The predicted octanol–water partition coefficient (Wildman–Crippen LogP) is 2.07. The minimum Gasteiger partial charge on any atom is -0.465 e. The van der Waals surface area contributed by atoms with E-state index in [1.165, 1.54) is 4.90 Å². The van der Waals surface area contributed by atoms with Gasteiger partial charge >= 0.3 is 5.97 Å². The highest BCUT2D eigenvalue weighted by Crippen LogP contribution is 2.59. The maximum absolute atomic E-state index is 13.9. The van der Waals surface area contributed by atoms with Crippen molar-refractivity contribution in [2.24, 2.45) is 11.8 Å². The molecule has 0 aromatic carbocycles. The molecule has 8 nitrogen and oxygen atoms in total. The van der Waals surface area contributed by atoms with Gasteiger partial charge in [-0.05, 0) is 32.6 Å². The number of carbonyl (C=O) groups is 3. The average Bonchev–Trinajstić information content (AvgIpc) is 3.45.